The van der Waals surface area contributed by atoms with Crippen LogP contribution in [0.5, 0.6) is 0 Å². The van der Waals surface area contributed by atoms with Crippen LogP contribution in [0.15, 0.2) is 16.6 Å². The second-order valence-electron chi connectivity index (χ2n) is 3.94. The molecule has 0 aromatic heterocycles. The van der Waals surface area contributed by atoms with E-state index in [1.807, 2.05) is 0 Å². The molecule has 66 valence electrons. The normalized spacial score (nSPS) is 18.4. The third-order valence-electron chi connectivity index (χ3n) is 3.03. The number of halogens is 1. The number of hydrogen-bond acceptors (Lipinski definition) is 0. The van der Waals surface area contributed by atoms with Crippen molar-refractivity contribution >= 4 is 22.0 Å². The molecule has 0 unspecified atom stereocenters. The minimum absolute atomic E-state index is 1.10. The summed E-state index contributed by atoms with van der Waals surface area (Å²) >= 11 is 3.57. The van der Waals surface area contributed by atoms with Crippen molar-refractivity contribution in [3.05, 3.63) is 38.9 Å². The van der Waals surface area contributed by atoms with Crippen LogP contribution in [0.2, 0.25) is 0 Å². The summed E-state index contributed by atoms with van der Waals surface area (Å²) < 4.78 is 1.33. The van der Waals surface area contributed by atoms with Gasteiger partial charge >= 0.3 is 0 Å². The van der Waals surface area contributed by atoms with Gasteiger partial charge < -0.3 is 0 Å². The topological polar surface area (TPSA) is 0 Å². The van der Waals surface area contributed by atoms with Gasteiger partial charge in [-0.05, 0) is 47.6 Å². The summed E-state index contributed by atoms with van der Waals surface area (Å²) in [5.74, 6) is 0. The van der Waals surface area contributed by atoms with E-state index in [1.54, 1.807) is 11.1 Å². The summed E-state index contributed by atoms with van der Waals surface area (Å²) in [6, 6.07) is 4.79. The Labute approximate surface area is 86.8 Å². The van der Waals surface area contributed by atoms with Crippen LogP contribution in [0.1, 0.15) is 28.7 Å². The van der Waals surface area contributed by atoms with E-state index < -0.39 is 0 Å². The Kier molecular flexibility index (Phi) is 1.63. The van der Waals surface area contributed by atoms with Gasteiger partial charge in [0.05, 0.1) is 0 Å². The fraction of sp³-hybridized carbons (Fsp3) is 0.333. The van der Waals surface area contributed by atoms with Crippen LogP contribution in [0.3, 0.4) is 0 Å². The Morgan fingerprint density at radius 3 is 2.62 bits per heavy atom. The third-order valence-corrected chi connectivity index (χ3v) is 3.53. The lowest BCUT2D eigenvalue weighted by molar-refractivity contribution is 0.911. The average Bonchev–Trinajstić information content (AvgIpc) is 2.63. The van der Waals surface area contributed by atoms with Gasteiger partial charge in [0.2, 0.25) is 0 Å². The summed E-state index contributed by atoms with van der Waals surface area (Å²) in [6.45, 7) is 0. The maximum absolute atomic E-state index is 3.57. The zero-order chi connectivity index (χ0) is 8.84. The molecule has 0 aliphatic heterocycles. The number of benzene rings is 1. The number of allylic oxidation sites excluding steroid dienone is 1. The molecule has 1 aromatic rings. The zero-order valence-corrected chi connectivity index (χ0v) is 9.02. The van der Waals surface area contributed by atoms with Crippen molar-refractivity contribution in [2.24, 2.45) is 0 Å². The van der Waals surface area contributed by atoms with Gasteiger partial charge in [0.25, 0.3) is 0 Å². The highest BCUT2D eigenvalue weighted by molar-refractivity contribution is 9.11. The minimum Gasteiger partial charge on any atom is -0.0553 e. The lowest BCUT2D eigenvalue weighted by Gasteiger charge is -2.03. The van der Waals surface area contributed by atoms with Gasteiger partial charge in [-0.1, -0.05) is 28.1 Å². The fourth-order valence-corrected chi connectivity index (χ4v) is 2.93. The lowest BCUT2D eigenvalue weighted by atomic mass is 10.0. The molecule has 0 radical (unpaired) electrons. The van der Waals surface area contributed by atoms with Gasteiger partial charge in [0, 0.05) is 10.9 Å². The van der Waals surface area contributed by atoms with Gasteiger partial charge in [0.1, 0.15) is 0 Å². The molecule has 0 N–H and O–H groups in total. The van der Waals surface area contributed by atoms with E-state index in [0.717, 1.165) is 6.42 Å². The molecule has 0 fully saturated rings. The molecule has 13 heavy (non-hydrogen) atoms. The first-order valence-corrected chi connectivity index (χ1v) is 5.63. The first kappa shape index (κ1) is 7.81. The van der Waals surface area contributed by atoms with Crippen LogP contribution in [-0.4, -0.2) is 0 Å². The van der Waals surface area contributed by atoms with Crippen LogP contribution in [-0.2, 0) is 19.3 Å². The van der Waals surface area contributed by atoms with Crippen LogP contribution in [0.4, 0.5) is 0 Å². The third kappa shape index (κ3) is 1.18. The van der Waals surface area contributed by atoms with Crippen LogP contribution >= 0.6 is 15.9 Å². The van der Waals surface area contributed by atoms with E-state index in [9.17, 15) is 0 Å². The van der Waals surface area contributed by atoms with Crippen molar-refractivity contribution in [2.45, 2.75) is 25.7 Å². The molecule has 0 amide bonds. The van der Waals surface area contributed by atoms with Gasteiger partial charge in [-0.15, -0.1) is 0 Å². The average molecular weight is 235 g/mol. The van der Waals surface area contributed by atoms with Crippen molar-refractivity contribution < 1.29 is 0 Å². The Hall–Kier alpha value is -0.560. The fourth-order valence-electron chi connectivity index (χ4n) is 2.38. The van der Waals surface area contributed by atoms with Crippen molar-refractivity contribution in [1.82, 2.24) is 0 Å². The van der Waals surface area contributed by atoms with E-state index >= 15 is 0 Å². The predicted molar refractivity (Wildman–Crippen MR) is 59.1 cm³/mol. The van der Waals surface area contributed by atoms with Crippen molar-refractivity contribution in [1.29, 1.82) is 0 Å². The number of aryl methyl sites for hydroxylation is 2. The molecule has 1 heteroatoms. The molecular formula is C12H11Br. The number of hydrogen-bond donors (Lipinski definition) is 0. The van der Waals surface area contributed by atoms with Gasteiger partial charge in [-0.25, -0.2) is 0 Å². The Morgan fingerprint density at radius 2 is 1.77 bits per heavy atom. The zero-order valence-electron chi connectivity index (χ0n) is 7.44. The van der Waals surface area contributed by atoms with Crippen molar-refractivity contribution in [3.8, 4) is 0 Å². The van der Waals surface area contributed by atoms with Gasteiger partial charge in [0.15, 0.2) is 0 Å². The largest absolute Gasteiger partial charge is 0.0553 e. The Bertz CT molecular complexity index is 402. The maximum Gasteiger partial charge on any atom is 0.00469 e. The van der Waals surface area contributed by atoms with E-state index in [-0.39, 0.29) is 0 Å². The molecule has 0 saturated carbocycles. The molecule has 0 bridgehead atoms. The summed E-state index contributed by atoms with van der Waals surface area (Å²) in [5.41, 5.74) is 6.12. The summed E-state index contributed by atoms with van der Waals surface area (Å²) in [6.07, 6.45) is 7.29. The van der Waals surface area contributed by atoms with Crippen LogP contribution < -0.4 is 0 Å². The molecule has 1 aromatic carbocycles. The van der Waals surface area contributed by atoms with Gasteiger partial charge in [-0.3, -0.25) is 0 Å². The van der Waals surface area contributed by atoms with Crippen molar-refractivity contribution in [3.63, 3.8) is 0 Å². The van der Waals surface area contributed by atoms with E-state index in [0.29, 0.717) is 0 Å². The molecule has 0 nitrogen and oxygen atoms in total. The quantitative estimate of drug-likeness (QED) is 0.645. The molecule has 2 aliphatic rings. The van der Waals surface area contributed by atoms with E-state index in [4.69, 9.17) is 0 Å². The summed E-state index contributed by atoms with van der Waals surface area (Å²) in [4.78, 5) is 0. The summed E-state index contributed by atoms with van der Waals surface area (Å²) in [7, 11) is 0. The first-order chi connectivity index (χ1) is 6.33. The SMILES string of the molecule is BrC1=Cc2cc3c(cc2C1)CCC3. The smallest absolute Gasteiger partial charge is 0.00469 e. The summed E-state index contributed by atoms with van der Waals surface area (Å²) in [5, 5.41) is 0. The second-order valence-corrected chi connectivity index (χ2v) is 4.96. The van der Waals surface area contributed by atoms with Crippen LogP contribution in [0.25, 0.3) is 6.08 Å². The number of rotatable bonds is 0. The molecule has 0 saturated heterocycles. The number of fused-ring (bicyclic) bond motifs is 2. The Morgan fingerprint density at radius 1 is 1.00 bits per heavy atom. The molecule has 2 aliphatic carbocycles. The van der Waals surface area contributed by atoms with Gasteiger partial charge in [-0.2, -0.15) is 0 Å². The molecule has 3 rings (SSSR count). The standard InChI is InChI=1S/C12H11Br/c13-12-6-10-4-8-2-1-3-9(8)5-11(10)7-12/h4-6H,1-3,7H2. The highest BCUT2D eigenvalue weighted by atomic mass is 79.9. The van der Waals surface area contributed by atoms with Crippen molar-refractivity contribution in [2.75, 3.05) is 0 Å². The van der Waals surface area contributed by atoms with E-state index in [2.05, 4.69) is 34.1 Å². The monoisotopic (exact) mass is 234 g/mol. The lowest BCUT2D eigenvalue weighted by Crippen LogP contribution is -1.88. The first-order valence-electron chi connectivity index (χ1n) is 4.84. The Balaban J connectivity index is 2.17. The molecular weight excluding hydrogens is 224 g/mol. The van der Waals surface area contributed by atoms with Crippen LogP contribution in [0, 0.1) is 0 Å². The minimum atomic E-state index is 1.10. The predicted octanol–water partition coefficient (Wildman–Crippen LogP) is 3.47. The maximum atomic E-state index is 3.57. The second kappa shape index (κ2) is 2.71. The molecule has 0 heterocycles. The van der Waals surface area contributed by atoms with E-state index in [1.165, 1.54) is 34.9 Å². The highest BCUT2D eigenvalue weighted by Crippen LogP contribution is 2.33. The molecule has 0 spiro atoms. The molecule has 0 atom stereocenters. The highest BCUT2D eigenvalue weighted by Gasteiger charge is 2.17.